The number of aromatic nitrogens is 3. The van der Waals surface area contributed by atoms with Crippen molar-refractivity contribution in [3.05, 3.63) is 41.6 Å². The van der Waals surface area contributed by atoms with Crippen LogP contribution in [0.1, 0.15) is 28.7 Å². The summed E-state index contributed by atoms with van der Waals surface area (Å²) in [5, 5.41) is 9.67. The van der Waals surface area contributed by atoms with Crippen LogP contribution in [0.2, 0.25) is 0 Å². The third-order valence-electron chi connectivity index (χ3n) is 5.20. The maximum atomic E-state index is 13.4. The number of rotatable bonds is 6. The molecule has 2 aromatic rings. The molecule has 0 spiro atoms. The average molecular weight is 378 g/mol. The van der Waals surface area contributed by atoms with Crippen LogP contribution in [0.5, 0.6) is 0 Å². The van der Waals surface area contributed by atoms with E-state index in [1.165, 1.54) is 6.33 Å². The monoisotopic (exact) mass is 378 g/mol. The van der Waals surface area contributed by atoms with Gasteiger partial charge in [-0.1, -0.05) is 6.07 Å². The Morgan fingerprint density at radius 2 is 2.11 bits per heavy atom. The molecule has 0 aromatic carbocycles. The zero-order valence-corrected chi connectivity index (χ0v) is 14.8. The maximum absolute atomic E-state index is 13.4. The summed E-state index contributed by atoms with van der Waals surface area (Å²) in [4.78, 5) is 22.0. The second kappa shape index (κ2) is 6.56. The van der Waals surface area contributed by atoms with Crippen LogP contribution in [0.15, 0.2) is 24.7 Å². The lowest BCUT2D eigenvalue weighted by atomic mass is 10.2. The van der Waals surface area contributed by atoms with Crippen LogP contribution in [0.4, 0.5) is 14.6 Å². The van der Waals surface area contributed by atoms with Crippen molar-refractivity contribution in [1.82, 2.24) is 14.5 Å². The molecule has 2 unspecified atom stereocenters. The van der Waals surface area contributed by atoms with Crippen molar-refractivity contribution in [3.8, 4) is 0 Å². The summed E-state index contributed by atoms with van der Waals surface area (Å²) in [6.45, 7) is 2.69. The van der Waals surface area contributed by atoms with Gasteiger partial charge in [0, 0.05) is 19.3 Å². The standard InChI is InChI=1S/C18H20F2N4O3/c1-2-27-17(26)14-8-23(10-21-14)5-11-3-4-16(22-15(11)9-25)24-6-12-13(7-24)18(12,19)20/h3-4,8,10,12-13,25H,2,5-7,9H2,1H3. The molecule has 2 aromatic heterocycles. The van der Waals surface area contributed by atoms with E-state index in [9.17, 15) is 18.7 Å². The number of aliphatic hydroxyl groups excluding tert-OH is 1. The van der Waals surface area contributed by atoms with E-state index >= 15 is 0 Å². The van der Waals surface area contributed by atoms with Crippen molar-refractivity contribution in [3.63, 3.8) is 0 Å². The van der Waals surface area contributed by atoms with E-state index in [1.807, 2.05) is 11.0 Å². The van der Waals surface area contributed by atoms with Crippen molar-refractivity contribution in [2.24, 2.45) is 11.8 Å². The van der Waals surface area contributed by atoms with E-state index in [0.29, 0.717) is 31.1 Å². The van der Waals surface area contributed by atoms with Crippen molar-refractivity contribution in [2.45, 2.75) is 26.0 Å². The number of piperidine rings is 1. The van der Waals surface area contributed by atoms with Gasteiger partial charge in [0.25, 0.3) is 5.92 Å². The van der Waals surface area contributed by atoms with E-state index < -0.39 is 23.7 Å². The molecule has 7 nitrogen and oxygen atoms in total. The Morgan fingerprint density at radius 1 is 1.37 bits per heavy atom. The lowest BCUT2D eigenvalue weighted by molar-refractivity contribution is 0.0519. The first kappa shape index (κ1) is 17.8. The van der Waals surface area contributed by atoms with E-state index in [0.717, 1.165) is 5.56 Å². The Hall–Kier alpha value is -2.55. The molecule has 9 heteroatoms. The van der Waals surface area contributed by atoms with Crippen molar-refractivity contribution in [2.75, 3.05) is 24.6 Å². The summed E-state index contributed by atoms with van der Waals surface area (Å²) in [6, 6.07) is 3.60. The summed E-state index contributed by atoms with van der Waals surface area (Å²) in [5.74, 6) is -3.58. The van der Waals surface area contributed by atoms with Gasteiger partial charge in [0.05, 0.1) is 43.6 Å². The Kier molecular flexibility index (Phi) is 4.33. The number of carbonyl (C=O) groups excluding carboxylic acids is 1. The Bertz CT molecular complexity index is 856. The quantitative estimate of drug-likeness (QED) is 0.771. The number of hydrogen-bond acceptors (Lipinski definition) is 6. The minimum Gasteiger partial charge on any atom is -0.461 e. The zero-order chi connectivity index (χ0) is 19.2. The van der Waals surface area contributed by atoms with Gasteiger partial charge in [-0.3, -0.25) is 0 Å². The molecule has 0 radical (unpaired) electrons. The van der Waals surface area contributed by atoms with Crippen LogP contribution in [-0.4, -0.2) is 51.2 Å². The Balaban J connectivity index is 1.47. The number of halogens is 2. The highest BCUT2D eigenvalue weighted by molar-refractivity contribution is 5.86. The molecule has 27 heavy (non-hydrogen) atoms. The van der Waals surface area contributed by atoms with Crippen LogP contribution in [0, 0.1) is 11.8 Å². The number of imidazole rings is 1. The lowest BCUT2D eigenvalue weighted by Gasteiger charge is -2.22. The highest BCUT2D eigenvalue weighted by Gasteiger charge is 2.71. The normalized spacial score (nSPS) is 22.6. The lowest BCUT2D eigenvalue weighted by Crippen LogP contribution is -2.28. The van der Waals surface area contributed by atoms with E-state index in [-0.39, 0.29) is 18.9 Å². The number of nitrogens with zero attached hydrogens (tertiary/aromatic N) is 4. The second-order valence-electron chi connectivity index (χ2n) is 6.88. The summed E-state index contributed by atoms with van der Waals surface area (Å²) in [7, 11) is 0. The van der Waals surface area contributed by atoms with Gasteiger partial charge in [0.15, 0.2) is 5.69 Å². The molecule has 3 heterocycles. The SMILES string of the molecule is CCOC(=O)c1cn(Cc2ccc(N3CC4C(C3)C4(F)F)nc2CO)cn1. The van der Waals surface area contributed by atoms with Gasteiger partial charge in [0.2, 0.25) is 0 Å². The first-order valence-corrected chi connectivity index (χ1v) is 8.85. The van der Waals surface area contributed by atoms with Crippen LogP contribution >= 0.6 is 0 Å². The smallest absolute Gasteiger partial charge is 0.358 e. The molecule has 1 aliphatic heterocycles. The van der Waals surface area contributed by atoms with Gasteiger partial charge in [-0.25, -0.2) is 23.5 Å². The Labute approximate surface area is 154 Å². The number of aliphatic hydroxyl groups is 1. The third kappa shape index (κ3) is 3.16. The molecule has 1 aliphatic carbocycles. The molecular formula is C18H20F2N4O3. The second-order valence-corrected chi connectivity index (χ2v) is 6.88. The first-order valence-electron chi connectivity index (χ1n) is 8.85. The van der Waals surface area contributed by atoms with Gasteiger partial charge in [0.1, 0.15) is 5.82 Å². The molecule has 0 amide bonds. The number of hydrogen-bond donors (Lipinski definition) is 1. The molecule has 144 valence electrons. The van der Waals surface area contributed by atoms with Crippen LogP contribution in [0.3, 0.4) is 0 Å². The molecule has 2 atom stereocenters. The predicted molar refractivity (Wildman–Crippen MR) is 91.6 cm³/mol. The fraction of sp³-hybridized carbons (Fsp3) is 0.500. The Morgan fingerprint density at radius 3 is 2.78 bits per heavy atom. The predicted octanol–water partition coefficient (Wildman–Crippen LogP) is 1.70. The molecule has 2 fully saturated rings. The van der Waals surface area contributed by atoms with Crippen molar-refractivity contribution < 1.29 is 23.4 Å². The summed E-state index contributed by atoms with van der Waals surface area (Å²) in [6.07, 6.45) is 3.08. The molecule has 0 bridgehead atoms. The summed E-state index contributed by atoms with van der Waals surface area (Å²) in [5.41, 5.74) is 1.46. The molecule has 1 saturated carbocycles. The summed E-state index contributed by atoms with van der Waals surface area (Å²) < 4.78 is 33.3. The first-order chi connectivity index (χ1) is 12.9. The van der Waals surface area contributed by atoms with Crippen LogP contribution < -0.4 is 4.90 Å². The average Bonchev–Trinajstić information content (AvgIpc) is 3.11. The number of carbonyl (C=O) groups is 1. The minimum absolute atomic E-state index is 0.212. The van der Waals surface area contributed by atoms with Crippen molar-refractivity contribution >= 4 is 11.8 Å². The summed E-state index contributed by atoms with van der Waals surface area (Å²) >= 11 is 0. The van der Waals surface area contributed by atoms with Gasteiger partial charge < -0.3 is 19.3 Å². The van der Waals surface area contributed by atoms with Gasteiger partial charge in [-0.15, -0.1) is 0 Å². The zero-order valence-electron chi connectivity index (χ0n) is 14.8. The van der Waals surface area contributed by atoms with Gasteiger partial charge in [-0.2, -0.15) is 0 Å². The number of alkyl halides is 2. The highest BCUT2D eigenvalue weighted by atomic mass is 19.3. The topological polar surface area (TPSA) is 80.5 Å². The third-order valence-corrected chi connectivity index (χ3v) is 5.20. The fourth-order valence-corrected chi connectivity index (χ4v) is 3.62. The van der Waals surface area contributed by atoms with E-state index in [1.54, 1.807) is 23.8 Å². The number of fused-ring (bicyclic) bond motifs is 1. The molecular weight excluding hydrogens is 358 g/mol. The molecule has 1 saturated heterocycles. The van der Waals surface area contributed by atoms with Crippen molar-refractivity contribution in [1.29, 1.82) is 0 Å². The number of esters is 1. The maximum Gasteiger partial charge on any atom is 0.358 e. The van der Waals surface area contributed by atoms with Gasteiger partial charge in [-0.05, 0) is 18.6 Å². The number of anilines is 1. The molecule has 4 rings (SSSR count). The van der Waals surface area contributed by atoms with Gasteiger partial charge >= 0.3 is 5.97 Å². The van der Waals surface area contributed by atoms with E-state index in [4.69, 9.17) is 4.74 Å². The molecule has 1 N–H and O–H groups in total. The fourth-order valence-electron chi connectivity index (χ4n) is 3.62. The largest absolute Gasteiger partial charge is 0.461 e. The van der Waals surface area contributed by atoms with E-state index in [2.05, 4.69) is 9.97 Å². The molecule has 2 aliphatic rings. The number of pyridine rings is 1. The minimum atomic E-state index is -2.53. The van der Waals surface area contributed by atoms with Crippen LogP contribution in [0.25, 0.3) is 0 Å². The number of ether oxygens (including phenoxy) is 1. The highest BCUT2D eigenvalue weighted by Crippen LogP contribution is 2.59. The van der Waals surface area contributed by atoms with Crippen LogP contribution in [-0.2, 0) is 17.9 Å².